The number of ketones is 1. The lowest BCUT2D eigenvalue weighted by molar-refractivity contribution is -0.110. The average Bonchev–Trinajstić information content (AvgIpc) is 2.29. The van der Waals surface area contributed by atoms with E-state index in [4.69, 9.17) is 0 Å². The van der Waals surface area contributed by atoms with Gasteiger partial charge in [-0.05, 0) is 31.4 Å². The molecule has 0 radical (unpaired) electrons. The molecule has 0 saturated heterocycles. The van der Waals surface area contributed by atoms with Crippen molar-refractivity contribution >= 4 is 5.78 Å². The molecule has 0 aromatic rings. The van der Waals surface area contributed by atoms with Crippen molar-refractivity contribution < 1.29 is 4.79 Å². The molecule has 0 N–H and O–H groups in total. The molecule has 0 aromatic heterocycles. The van der Waals surface area contributed by atoms with Gasteiger partial charge in [0.25, 0.3) is 0 Å². The highest BCUT2D eigenvalue weighted by atomic mass is 16.1. The van der Waals surface area contributed by atoms with Crippen molar-refractivity contribution in [2.24, 2.45) is 0 Å². The van der Waals surface area contributed by atoms with Crippen molar-refractivity contribution in [3.05, 3.63) is 24.3 Å². The zero-order chi connectivity index (χ0) is 12.1. The molecule has 0 aliphatic rings. The summed E-state index contributed by atoms with van der Waals surface area (Å²) >= 11 is 0. The van der Waals surface area contributed by atoms with Crippen molar-refractivity contribution in [3.8, 4) is 0 Å². The minimum absolute atomic E-state index is 0.131. The van der Waals surface area contributed by atoms with Gasteiger partial charge in [-0.15, -0.1) is 0 Å². The summed E-state index contributed by atoms with van der Waals surface area (Å²) in [7, 11) is 0. The summed E-state index contributed by atoms with van der Waals surface area (Å²) < 4.78 is 0. The van der Waals surface area contributed by atoms with E-state index in [1.807, 2.05) is 12.2 Å². The molecule has 0 spiro atoms. The van der Waals surface area contributed by atoms with Crippen molar-refractivity contribution in [1.82, 2.24) is 0 Å². The first-order valence-corrected chi connectivity index (χ1v) is 6.68. The monoisotopic (exact) mass is 222 g/mol. The van der Waals surface area contributed by atoms with Crippen molar-refractivity contribution in [2.75, 3.05) is 0 Å². The SMILES string of the molecule is CCCCC=CC(=O)C=CCCCCCC. The van der Waals surface area contributed by atoms with Gasteiger partial charge in [-0.25, -0.2) is 0 Å². The molecular weight excluding hydrogens is 196 g/mol. The van der Waals surface area contributed by atoms with Gasteiger partial charge in [0.15, 0.2) is 5.78 Å². The lowest BCUT2D eigenvalue weighted by Crippen LogP contribution is -1.85. The van der Waals surface area contributed by atoms with E-state index in [1.165, 1.54) is 38.5 Å². The van der Waals surface area contributed by atoms with Gasteiger partial charge in [-0.2, -0.15) is 0 Å². The summed E-state index contributed by atoms with van der Waals surface area (Å²) in [5.74, 6) is 0.131. The molecule has 0 saturated carbocycles. The molecule has 0 fully saturated rings. The molecule has 0 rings (SSSR count). The Morgan fingerprint density at radius 2 is 1.38 bits per heavy atom. The van der Waals surface area contributed by atoms with Crippen molar-refractivity contribution in [3.63, 3.8) is 0 Å². The van der Waals surface area contributed by atoms with Crippen LogP contribution in [0, 0.1) is 0 Å². The van der Waals surface area contributed by atoms with E-state index in [2.05, 4.69) is 13.8 Å². The van der Waals surface area contributed by atoms with Crippen LogP contribution in [0.2, 0.25) is 0 Å². The molecule has 92 valence electrons. The smallest absolute Gasteiger partial charge is 0.177 e. The number of hydrogen-bond acceptors (Lipinski definition) is 1. The summed E-state index contributed by atoms with van der Waals surface area (Å²) in [6, 6.07) is 0. The van der Waals surface area contributed by atoms with Gasteiger partial charge >= 0.3 is 0 Å². The summed E-state index contributed by atoms with van der Waals surface area (Å²) in [6.45, 7) is 4.37. The fourth-order valence-electron chi connectivity index (χ4n) is 1.47. The molecule has 0 bridgehead atoms. The van der Waals surface area contributed by atoms with Crippen LogP contribution in [-0.2, 0) is 4.79 Å². The first kappa shape index (κ1) is 15.2. The normalized spacial score (nSPS) is 11.6. The van der Waals surface area contributed by atoms with Crippen molar-refractivity contribution in [2.45, 2.75) is 65.2 Å². The van der Waals surface area contributed by atoms with Gasteiger partial charge in [-0.1, -0.05) is 58.1 Å². The number of unbranched alkanes of at least 4 members (excludes halogenated alkanes) is 6. The second-order valence-electron chi connectivity index (χ2n) is 4.20. The Hall–Kier alpha value is -0.850. The molecule has 1 heteroatoms. The molecule has 0 aliphatic heterocycles. The van der Waals surface area contributed by atoms with E-state index in [0.717, 1.165) is 12.8 Å². The standard InChI is InChI=1S/C15H26O/c1-3-5-7-9-10-12-14-15(16)13-11-8-6-4-2/h11-14H,3-10H2,1-2H3. The molecule has 0 amide bonds. The van der Waals surface area contributed by atoms with E-state index in [0.29, 0.717) is 0 Å². The quantitative estimate of drug-likeness (QED) is 0.382. The number of allylic oxidation sites excluding steroid dienone is 4. The summed E-state index contributed by atoms with van der Waals surface area (Å²) in [6.07, 6.45) is 16.8. The van der Waals surface area contributed by atoms with Crippen LogP contribution >= 0.6 is 0 Å². The largest absolute Gasteiger partial charge is 0.290 e. The number of carbonyl (C=O) groups is 1. The van der Waals surface area contributed by atoms with Gasteiger partial charge in [0.2, 0.25) is 0 Å². The fraction of sp³-hybridized carbons (Fsp3) is 0.667. The van der Waals surface area contributed by atoms with E-state index >= 15 is 0 Å². The van der Waals surface area contributed by atoms with Gasteiger partial charge in [-0.3, -0.25) is 4.79 Å². The Balaban J connectivity index is 3.47. The maximum absolute atomic E-state index is 11.3. The van der Waals surface area contributed by atoms with Gasteiger partial charge in [0, 0.05) is 0 Å². The predicted molar refractivity (Wildman–Crippen MR) is 71.6 cm³/mol. The van der Waals surface area contributed by atoms with Crippen LogP contribution in [0.5, 0.6) is 0 Å². The first-order chi connectivity index (χ1) is 7.81. The molecule has 0 heterocycles. The maximum Gasteiger partial charge on any atom is 0.177 e. The van der Waals surface area contributed by atoms with E-state index in [1.54, 1.807) is 12.2 Å². The van der Waals surface area contributed by atoms with E-state index < -0.39 is 0 Å². The zero-order valence-corrected chi connectivity index (χ0v) is 10.9. The van der Waals surface area contributed by atoms with Crippen LogP contribution < -0.4 is 0 Å². The predicted octanol–water partition coefficient (Wildman–Crippen LogP) is 4.83. The third-order valence-corrected chi connectivity index (χ3v) is 2.51. The summed E-state index contributed by atoms with van der Waals surface area (Å²) in [5.41, 5.74) is 0. The Bertz CT molecular complexity index is 213. The highest BCUT2D eigenvalue weighted by Gasteiger charge is 1.88. The average molecular weight is 222 g/mol. The Labute approximate surface area is 101 Å². The molecule has 16 heavy (non-hydrogen) atoms. The zero-order valence-electron chi connectivity index (χ0n) is 10.9. The minimum atomic E-state index is 0.131. The second kappa shape index (κ2) is 12.2. The topological polar surface area (TPSA) is 17.1 Å². The van der Waals surface area contributed by atoms with E-state index in [-0.39, 0.29) is 5.78 Å². The van der Waals surface area contributed by atoms with Crippen LogP contribution in [0.1, 0.15) is 65.2 Å². The molecule has 1 nitrogen and oxygen atoms in total. The Kier molecular flexibility index (Phi) is 11.6. The molecule has 0 aromatic carbocycles. The molecule has 0 atom stereocenters. The van der Waals surface area contributed by atoms with Crippen LogP contribution in [0.3, 0.4) is 0 Å². The lowest BCUT2D eigenvalue weighted by Gasteiger charge is -1.93. The minimum Gasteiger partial charge on any atom is -0.290 e. The number of carbonyl (C=O) groups excluding carboxylic acids is 1. The van der Waals surface area contributed by atoms with Crippen LogP contribution in [0.25, 0.3) is 0 Å². The Morgan fingerprint density at radius 1 is 0.812 bits per heavy atom. The first-order valence-electron chi connectivity index (χ1n) is 6.68. The van der Waals surface area contributed by atoms with Crippen LogP contribution in [0.4, 0.5) is 0 Å². The number of rotatable bonds is 10. The maximum atomic E-state index is 11.3. The fourth-order valence-corrected chi connectivity index (χ4v) is 1.47. The van der Waals surface area contributed by atoms with E-state index in [9.17, 15) is 4.79 Å². The van der Waals surface area contributed by atoms with Crippen molar-refractivity contribution in [1.29, 1.82) is 0 Å². The molecule has 0 aliphatic carbocycles. The number of hydrogen-bond donors (Lipinski definition) is 0. The third-order valence-electron chi connectivity index (χ3n) is 2.51. The Morgan fingerprint density at radius 3 is 1.94 bits per heavy atom. The lowest BCUT2D eigenvalue weighted by atomic mass is 10.1. The highest BCUT2D eigenvalue weighted by Crippen LogP contribution is 2.03. The molecular formula is C15H26O. The van der Waals surface area contributed by atoms with Gasteiger partial charge in [0.1, 0.15) is 0 Å². The van der Waals surface area contributed by atoms with Gasteiger partial charge < -0.3 is 0 Å². The highest BCUT2D eigenvalue weighted by molar-refractivity contribution is 5.99. The van der Waals surface area contributed by atoms with Crippen LogP contribution in [-0.4, -0.2) is 5.78 Å². The summed E-state index contributed by atoms with van der Waals surface area (Å²) in [5, 5.41) is 0. The van der Waals surface area contributed by atoms with Gasteiger partial charge in [0.05, 0.1) is 0 Å². The van der Waals surface area contributed by atoms with Crippen LogP contribution in [0.15, 0.2) is 24.3 Å². The third kappa shape index (κ3) is 11.2. The summed E-state index contributed by atoms with van der Waals surface area (Å²) in [4.78, 5) is 11.3. The molecule has 0 unspecified atom stereocenters. The second-order valence-corrected chi connectivity index (χ2v) is 4.20.